The van der Waals surface area contributed by atoms with Crippen LogP contribution in [-0.4, -0.2) is 34.4 Å². The molecule has 1 aromatic carbocycles. The van der Waals surface area contributed by atoms with E-state index >= 15 is 0 Å². The number of aromatic amines is 1. The van der Waals surface area contributed by atoms with E-state index in [4.69, 9.17) is 9.47 Å². The fraction of sp³-hybridized carbons (Fsp3) is 0.400. The van der Waals surface area contributed by atoms with Gasteiger partial charge in [-0.25, -0.2) is 0 Å². The molecule has 1 aliphatic rings. The number of ether oxygens (including phenoxy) is 2. The molecule has 0 unspecified atom stereocenters. The first kappa shape index (κ1) is 13.8. The standard InChI is InChI=1S/C15H17N3O3/c1-10(19)14-15(17-18-16-14)21-13-4-2-11(3-5-13)12-6-8-20-9-7-12/h2-5,12H,6-9H2,1H3,(H,16,17,18). The summed E-state index contributed by atoms with van der Waals surface area (Å²) < 4.78 is 11.0. The van der Waals surface area contributed by atoms with E-state index in [1.807, 2.05) is 12.1 Å². The lowest BCUT2D eigenvalue weighted by Gasteiger charge is -2.22. The van der Waals surface area contributed by atoms with Gasteiger partial charge in [-0.05, 0) is 36.5 Å². The van der Waals surface area contributed by atoms with E-state index in [-0.39, 0.29) is 17.4 Å². The van der Waals surface area contributed by atoms with Crippen LogP contribution in [0.4, 0.5) is 0 Å². The lowest BCUT2D eigenvalue weighted by Crippen LogP contribution is -2.13. The molecular formula is C15H17N3O3. The summed E-state index contributed by atoms with van der Waals surface area (Å²) in [5.41, 5.74) is 1.57. The van der Waals surface area contributed by atoms with Gasteiger partial charge < -0.3 is 9.47 Å². The van der Waals surface area contributed by atoms with Gasteiger partial charge in [0, 0.05) is 20.1 Å². The highest BCUT2D eigenvalue weighted by Gasteiger charge is 2.17. The lowest BCUT2D eigenvalue weighted by atomic mass is 9.92. The largest absolute Gasteiger partial charge is 0.436 e. The molecule has 6 nitrogen and oxygen atoms in total. The van der Waals surface area contributed by atoms with Crippen molar-refractivity contribution in [3.05, 3.63) is 35.5 Å². The summed E-state index contributed by atoms with van der Waals surface area (Å²) in [5.74, 6) is 1.24. The molecule has 2 aromatic rings. The van der Waals surface area contributed by atoms with Crippen molar-refractivity contribution < 1.29 is 14.3 Å². The Morgan fingerprint density at radius 3 is 2.67 bits per heavy atom. The zero-order chi connectivity index (χ0) is 14.7. The zero-order valence-electron chi connectivity index (χ0n) is 11.8. The lowest BCUT2D eigenvalue weighted by molar-refractivity contribution is 0.0853. The van der Waals surface area contributed by atoms with Crippen molar-refractivity contribution in [3.63, 3.8) is 0 Å². The average Bonchev–Trinajstić information content (AvgIpc) is 2.97. The average molecular weight is 287 g/mol. The van der Waals surface area contributed by atoms with Gasteiger partial charge in [0.1, 0.15) is 5.75 Å². The van der Waals surface area contributed by atoms with Gasteiger partial charge >= 0.3 is 0 Å². The monoisotopic (exact) mass is 287 g/mol. The Balaban J connectivity index is 1.72. The number of hydrogen-bond donors (Lipinski definition) is 1. The number of aromatic nitrogens is 3. The van der Waals surface area contributed by atoms with Crippen LogP contribution in [0.3, 0.4) is 0 Å². The Morgan fingerprint density at radius 1 is 1.29 bits per heavy atom. The number of carbonyl (C=O) groups excluding carboxylic acids is 1. The number of H-pyrrole nitrogens is 1. The smallest absolute Gasteiger partial charge is 0.269 e. The van der Waals surface area contributed by atoms with Gasteiger partial charge in [-0.2, -0.15) is 0 Å². The molecular weight excluding hydrogens is 270 g/mol. The molecule has 0 spiro atoms. The van der Waals surface area contributed by atoms with E-state index in [0.29, 0.717) is 11.7 Å². The molecule has 2 heterocycles. The van der Waals surface area contributed by atoms with Crippen molar-refractivity contribution in [1.82, 2.24) is 15.4 Å². The molecule has 1 saturated heterocycles. The van der Waals surface area contributed by atoms with Crippen LogP contribution >= 0.6 is 0 Å². The molecule has 1 aromatic heterocycles. The number of carbonyl (C=O) groups is 1. The maximum Gasteiger partial charge on any atom is 0.269 e. The van der Waals surface area contributed by atoms with Crippen molar-refractivity contribution in [2.75, 3.05) is 13.2 Å². The highest BCUT2D eigenvalue weighted by molar-refractivity contribution is 5.94. The van der Waals surface area contributed by atoms with E-state index in [1.54, 1.807) is 0 Å². The second-order valence-electron chi connectivity index (χ2n) is 5.11. The summed E-state index contributed by atoms with van der Waals surface area (Å²) in [6, 6.07) is 7.89. The third kappa shape index (κ3) is 3.11. The molecule has 0 amide bonds. The number of ketones is 1. The van der Waals surface area contributed by atoms with E-state index in [1.165, 1.54) is 12.5 Å². The number of hydrogen-bond acceptors (Lipinski definition) is 5. The predicted octanol–water partition coefficient (Wildman–Crippen LogP) is 2.69. The topological polar surface area (TPSA) is 77.1 Å². The third-order valence-electron chi connectivity index (χ3n) is 3.66. The number of nitrogens with one attached hydrogen (secondary N) is 1. The molecule has 3 rings (SSSR count). The van der Waals surface area contributed by atoms with Gasteiger partial charge in [0.25, 0.3) is 5.88 Å². The van der Waals surface area contributed by atoms with Gasteiger partial charge in [0.05, 0.1) is 0 Å². The van der Waals surface area contributed by atoms with E-state index in [0.717, 1.165) is 26.1 Å². The van der Waals surface area contributed by atoms with Crippen LogP contribution in [0.15, 0.2) is 24.3 Å². The molecule has 110 valence electrons. The fourth-order valence-corrected chi connectivity index (χ4v) is 2.47. The fourth-order valence-electron chi connectivity index (χ4n) is 2.47. The van der Waals surface area contributed by atoms with Crippen LogP contribution in [0.5, 0.6) is 11.6 Å². The van der Waals surface area contributed by atoms with Gasteiger partial charge in [-0.15, -0.1) is 0 Å². The second kappa shape index (κ2) is 6.05. The number of benzene rings is 1. The van der Waals surface area contributed by atoms with Gasteiger partial charge in [-0.3, -0.25) is 9.89 Å². The van der Waals surface area contributed by atoms with E-state index in [9.17, 15) is 4.79 Å². The van der Waals surface area contributed by atoms with Crippen molar-refractivity contribution in [2.45, 2.75) is 25.7 Å². The summed E-state index contributed by atoms with van der Waals surface area (Å²) in [6.45, 7) is 3.09. The predicted molar refractivity (Wildman–Crippen MR) is 75.7 cm³/mol. The molecule has 0 aliphatic carbocycles. The molecule has 1 N–H and O–H groups in total. The summed E-state index contributed by atoms with van der Waals surface area (Å²) in [6.07, 6.45) is 2.11. The molecule has 6 heteroatoms. The minimum absolute atomic E-state index is 0.158. The summed E-state index contributed by atoms with van der Waals surface area (Å²) >= 11 is 0. The van der Waals surface area contributed by atoms with E-state index in [2.05, 4.69) is 27.5 Å². The molecule has 1 aliphatic heterocycles. The Labute approximate surface area is 122 Å². The normalized spacial score (nSPS) is 15.9. The zero-order valence-corrected chi connectivity index (χ0v) is 11.8. The molecule has 0 radical (unpaired) electrons. The number of Topliss-reactive ketones (excluding diaryl/α,β-unsaturated/α-hetero) is 1. The summed E-state index contributed by atoms with van der Waals surface area (Å²) in [7, 11) is 0. The van der Waals surface area contributed by atoms with Crippen molar-refractivity contribution in [1.29, 1.82) is 0 Å². The molecule has 1 fully saturated rings. The molecule has 0 bridgehead atoms. The Hall–Kier alpha value is -2.21. The molecule has 21 heavy (non-hydrogen) atoms. The first-order valence-corrected chi connectivity index (χ1v) is 7.01. The maximum absolute atomic E-state index is 11.4. The highest BCUT2D eigenvalue weighted by atomic mass is 16.5. The highest BCUT2D eigenvalue weighted by Crippen LogP contribution is 2.29. The van der Waals surface area contributed by atoms with Gasteiger partial charge in [0.15, 0.2) is 11.5 Å². The van der Waals surface area contributed by atoms with Gasteiger partial charge in [0.2, 0.25) is 0 Å². The molecule has 0 saturated carbocycles. The summed E-state index contributed by atoms with van der Waals surface area (Å²) in [5, 5.41) is 9.91. The van der Waals surface area contributed by atoms with Gasteiger partial charge in [-0.1, -0.05) is 22.4 Å². The van der Waals surface area contributed by atoms with Crippen LogP contribution in [0, 0.1) is 0 Å². The number of nitrogens with zero attached hydrogens (tertiary/aromatic N) is 2. The second-order valence-corrected chi connectivity index (χ2v) is 5.11. The van der Waals surface area contributed by atoms with Crippen LogP contribution in [0.1, 0.15) is 41.7 Å². The Bertz CT molecular complexity index is 615. The van der Waals surface area contributed by atoms with Crippen LogP contribution < -0.4 is 4.74 Å². The first-order chi connectivity index (χ1) is 10.2. The maximum atomic E-state index is 11.4. The van der Waals surface area contributed by atoms with Crippen LogP contribution in [0.2, 0.25) is 0 Å². The summed E-state index contributed by atoms with van der Waals surface area (Å²) in [4.78, 5) is 11.4. The number of rotatable bonds is 4. The SMILES string of the molecule is CC(=O)c1[nH]nnc1Oc1ccc(C2CCOCC2)cc1. The minimum atomic E-state index is -0.158. The van der Waals surface area contributed by atoms with Crippen molar-refractivity contribution in [2.24, 2.45) is 0 Å². The quantitative estimate of drug-likeness (QED) is 0.875. The first-order valence-electron chi connectivity index (χ1n) is 7.01. The Kier molecular flexibility index (Phi) is 3.96. The van der Waals surface area contributed by atoms with Crippen LogP contribution in [-0.2, 0) is 4.74 Å². The van der Waals surface area contributed by atoms with E-state index < -0.39 is 0 Å². The third-order valence-corrected chi connectivity index (χ3v) is 3.66. The minimum Gasteiger partial charge on any atom is -0.436 e. The molecule has 0 atom stereocenters. The van der Waals surface area contributed by atoms with Crippen LogP contribution in [0.25, 0.3) is 0 Å². The van der Waals surface area contributed by atoms with Crippen molar-refractivity contribution in [3.8, 4) is 11.6 Å². The van der Waals surface area contributed by atoms with Crippen molar-refractivity contribution >= 4 is 5.78 Å². The Morgan fingerprint density at radius 2 is 2.00 bits per heavy atom.